The van der Waals surface area contributed by atoms with Crippen molar-refractivity contribution in [3.05, 3.63) is 51.2 Å². The Morgan fingerprint density at radius 3 is 2.87 bits per heavy atom. The van der Waals surface area contributed by atoms with E-state index in [1.54, 1.807) is 6.92 Å². The predicted molar refractivity (Wildman–Crippen MR) is 91.1 cm³/mol. The van der Waals surface area contributed by atoms with E-state index in [0.29, 0.717) is 18.0 Å². The van der Waals surface area contributed by atoms with Crippen LogP contribution in [0.3, 0.4) is 0 Å². The molecule has 0 bridgehead atoms. The summed E-state index contributed by atoms with van der Waals surface area (Å²) in [6.07, 6.45) is 1.87. The largest absolute Gasteiger partial charge is 0.506 e. The van der Waals surface area contributed by atoms with Gasteiger partial charge in [-0.05, 0) is 25.3 Å². The summed E-state index contributed by atoms with van der Waals surface area (Å²) < 4.78 is 5.02. The molecule has 5 heteroatoms. The van der Waals surface area contributed by atoms with Gasteiger partial charge < -0.3 is 9.84 Å². The predicted octanol–water partition coefficient (Wildman–Crippen LogP) is 3.23. The lowest BCUT2D eigenvalue weighted by atomic mass is 10.1. The summed E-state index contributed by atoms with van der Waals surface area (Å²) in [7, 11) is 0. The molecule has 1 aliphatic heterocycles. The summed E-state index contributed by atoms with van der Waals surface area (Å²) in [6.45, 7) is 4.71. The molecule has 0 saturated heterocycles. The summed E-state index contributed by atoms with van der Waals surface area (Å²) in [5.41, 5.74) is 2.22. The second-order valence-corrected chi connectivity index (χ2v) is 6.77. The van der Waals surface area contributed by atoms with Crippen molar-refractivity contribution in [3.63, 3.8) is 0 Å². The Kier molecular flexibility index (Phi) is 4.98. The molecule has 0 aliphatic carbocycles. The maximum atomic E-state index is 11.9. The molecule has 122 valence electrons. The smallest absolute Gasteiger partial charge is 0.352 e. The van der Waals surface area contributed by atoms with Crippen LogP contribution in [0.5, 0.6) is 5.75 Å². The standard InChI is InChI=1S/C18H21NO3S/c1-2-22-18(21)17-16(20)14-12-19(11-9-15(14)23-17)10-8-13-6-4-3-5-7-13/h3-7,20H,2,8-12H2,1H3. The molecular formula is C18H21NO3S. The molecular weight excluding hydrogens is 310 g/mol. The van der Waals surface area contributed by atoms with Gasteiger partial charge in [0.1, 0.15) is 5.75 Å². The van der Waals surface area contributed by atoms with E-state index in [4.69, 9.17) is 4.74 Å². The summed E-state index contributed by atoms with van der Waals surface area (Å²) in [6, 6.07) is 10.4. The van der Waals surface area contributed by atoms with Crippen molar-refractivity contribution < 1.29 is 14.6 Å². The number of hydrogen-bond acceptors (Lipinski definition) is 5. The maximum Gasteiger partial charge on any atom is 0.352 e. The molecule has 0 unspecified atom stereocenters. The van der Waals surface area contributed by atoms with Crippen LogP contribution in [0.4, 0.5) is 0 Å². The highest BCUT2D eigenvalue weighted by Crippen LogP contribution is 2.38. The molecule has 1 aromatic carbocycles. The highest BCUT2D eigenvalue weighted by atomic mass is 32.1. The summed E-state index contributed by atoms with van der Waals surface area (Å²) in [4.78, 5) is 15.7. The van der Waals surface area contributed by atoms with Crippen LogP contribution in [0.1, 0.15) is 32.6 Å². The van der Waals surface area contributed by atoms with Gasteiger partial charge in [-0.1, -0.05) is 30.3 Å². The molecule has 1 N–H and O–H groups in total. The van der Waals surface area contributed by atoms with Crippen molar-refractivity contribution in [2.75, 3.05) is 19.7 Å². The quantitative estimate of drug-likeness (QED) is 0.855. The first-order valence-corrected chi connectivity index (χ1v) is 8.77. The number of thiophene rings is 1. The molecule has 0 spiro atoms. The third-order valence-corrected chi connectivity index (χ3v) is 5.38. The monoisotopic (exact) mass is 331 g/mol. The lowest BCUT2D eigenvalue weighted by Crippen LogP contribution is -2.31. The van der Waals surface area contributed by atoms with E-state index in [-0.39, 0.29) is 5.75 Å². The van der Waals surface area contributed by atoms with Crippen LogP contribution in [0, 0.1) is 0 Å². The number of hydrogen-bond donors (Lipinski definition) is 1. The zero-order valence-electron chi connectivity index (χ0n) is 13.2. The molecule has 3 rings (SSSR count). The fourth-order valence-electron chi connectivity index (χ4n) is 2.89. The molecule has 2 aromatic rings. The third kappa shape index (κ3) is 3.57. The number of aromatic hydroxyl groups is 1. The first-order valence-electron chi connectivity index (χ1n) is 7.96. The second-order valence-electron chi connectivity index (χ2n) is 5.66. The van der Waals surface area contributed by atoms with Gasteiger partial charge in [0.05, 0.1) is 6.61 Å². The van der Waals surface area contributed by atoms with Gasteiger partial charge in [0.25, 0.3) is 0 Å². The van der Waals surface area contributed by atoms with E-state index in [0.717, 1.165) is 36.4 Å². The van der Waals surface area contributed by atoms with Crippen molar-refractivity contribution in [2.45, 2.75) is 26.3 Å². The summed E-state index contributed by atoms with van der Waals surface area (Å²) in [5, 5.41) is 10.4. The van der Waals surface area contributed by atoms with Crippen LogP contribution in [-0.2, 0) is 24.1 Å². The third-order valence-electron chi connectivity index (χ3n) is 4.12. The number of ether oxygens (including phenoxy) is 1. The average molecular weight is 331 g/mol. The highest BCUT2D eigenvalue weighted by Gasteiger charge is 2.27. The molecule has 2 heterocycles. The number of esters is 1. The first-order chi connectivity index (χ1) is 11.2. The summed E-state index contributed by atoms with van der Waals surface area (Å²) in [5.74, 6) is -0.298. The fraction of sp³-hybridized carbons (Fsp3) is 0.389. The highest BCUT2D eigenvalue weighted by molar-refractivity contribution is 7.14. The SMILES string of the molecule is CCOC(=O)c1sc2c(c1O)CN(CCc1ccccc1)CC2. The number of carbonyl (C=O) groups is 1. The molecule has 0 saturated carbocycles. The van der Waals surface area contributed by atoms with E-state index in [1.165, 1.54) is 16.9 Å². The molecule has 4 nitrogen and oxygen atoms in total. The Morgan fingerprint density at radius 2 is 2.13 bits per heavy atom. The van der Waals surface area contributed by atoms with Crippen LogP contribution in [-0.4, -0.2) is 35.7 Å². The molecule has 0 amide bonds. The zero-order valence-corrected chi connectivity index (χ0v) is 14.1. The van der Waals surface area contributed by atoms with Crippen LogP contribution in [0.2, 0.25) is 0 Å². The van der Waals surface area contributed by atoms with Crippen molar-refractivity contribution in [2.24, 2.45) is 0 Å². The van der Waals surface area contributed by atoms with Crippen LogP contribution in [0.25, 0.3) is 0 Å². The van der Waals surface area contributed by atoms with E-state index < -0.39 is 5.97 Å². The number of fused-ring (bicyclic) bond motifs is 1. The van der Waals surface area contributed by atoms with E-state index in [9.17, 15) is 9.90 Å². The van der Waals surface area contributed by atoms with Crippen LogP contribution in [0.15, 0.2) is 30.3 Å². The Balaban J connectivity index is 1.67. The Morgan fingerprint density at radius 1 is 1.35 bits per heavy atom. The van der Waals surface area contributed by atoms with Gasteiger partial charge >= 0.3 is 5.97 Å². The van der Waals surface area contributed by atoms with Gasteiger partial charge in [-0.3, -0.25) is 4.90 Å². The van der Waals surface area contributed by atoms with E-state index in [2.05, 4.69) is 29.2 Å². The average Bonchev–Trinajstić information content (AvgIpc) is 2.91. The summed E-state index contributed by atoms with van der Waals surface area (Å²) >= 11 is 1.38. The molecule has 23 heavy (non-hydrogen) atoms. The molecule has 1 aliphatic rings. The number of nitrogens with zero attached hydrogens (tertiary/aromatic N) is 1. The lowest BCUT2D eigenvalue weighted by molar-refractivity contribution is 0.0529. The molecule has 0 radical (unpaired) electrons. The van der Waals surface area contributed by atoms with Gasteiger partial charge in [0.15, 0.2) is 4.88 Å². The normalized spacial score (nSPS) is 14.5. The minimum Gasteiger partial charge on any atom is -0.506 e. The van der Waals surface area contributed by atoms with Gasteiger partial charge in [-0.15, -0.1) is 11.3 Å². The minimum atomic E-state index is -0.416. The molecule has 0 fully saturated rings. The van der Waals surface area contributed by atoms with Crippen molar-refractivity contribution in [1.29, 1.82) is 0 Å². The van der Waals surface area contributed by atoms with Crippen molar-refractivity contribution in [3.8, 4) is 5.75 Å². The zero-order chi connectivity index (χ0) is 16.2. The van der Waals surface area contributed by atoms with Gasteiger partial charge in [0, 0.05) is 30.1 Å². The number of rotatable bonds is 5. The molecule has 1 aromatic heterocycles. The Hall–Kier alpha value is -1.85. The Bertz CT molecular complexity index is 681. The lowest BCUT2D eigenvalue weighted by Gasteiger charge is -2.26. The maximum absolute atomic E-state index is 11.9. The topological polar surface area (TPSA) is 49.8 Å². The first kappa shape index (κ1) is 16.0. The number of benzene rings is 1. The molecule has 0 atom stereocenters. The van der Waals surface area contributed by atoms with Gasteiger partial charge in [-0.2, -0.15) is 0 Å². The van der Waals surface area contributed by atoms with Gasteiger partial charge in [0.2, 0.25) is 0 Å². The number of carbonyl (C=O) groups excluding carboxylic acids is 1. The van der Waals surface area contributed by atoms with Crippen molar-refractivity contribution in [1.82, 2.24) is 4.90 Å². The van der Waals surface area contributed by atoms with Gasteiger partial charge in [-0.25, -0.2) is 4.79 Å². The van der Waals surface area contributed by atoms with Crippen LogP contribution >= 0.6 is 11.3 Å². The van der Waals surface area contributed by atoms with E-state index in [1.807, 2.05) is 6.07 Å². The minimum absolute atomic E-state index is 0.118. The van der Waals surface area contributed by atoms with Crippen LogP contribution < -0.4 is 0 Å². The second kappa shape index (κ2) is 7.15. The fourth-order valence-corrected chi connectivity index (χ4v) is 3.97. The van der Waals surface area contributed by atoms with E-state index >= 15 is 0 Å². The Labute approximate surface area is 140 Å². The van der Waals surface area contributed by atoms with Crippen molar-refractivity contribution >= 4 is 17.3 Å².